The minimum absolute atomic E-state index is 0.275. The fourth-order valence-electron chi connectivity index (χ4n) is 2.17. The van der Waals surface area contributed by atoms with E-state index in [1.165, 1.54) is 5.56 Å². The van der Waals surface area contributed by atoms with Crippen LogP contribution in [0.15, 0.2) is 36.4 Å². The minimum Gasteiger partial charge on any atom is -0.491 e. The molecular weight excluding hydrogens is 316 g/mol. The number of para-hydroxylation sites is 1. The standard InChI is InChI=1S/C17H19ClN2O3/c18-16-8-9-17(20-19-16)21-10-4-3-6-13-5-1-2-7-15(13)23-12-14-11-22-14/h1-2,5,7-9,14H,3-4,6,10-12H2. The maximum atomic E-state index is 5.81. The third-order valence-electron chi connectivity index (χ3n) is 3.50. The van der Waals surface area contributed by atoms with Gasteiger partial charge in [0, 0.05) is 6.07 Å². The molecule has 0 spiro atoms. The fourth-order valence-corrected chi connectivity index (χ4v) is 2.27. The van der Waals surface area contributed by atoms with E-state index in [-0.39, 0.29) is 6.10 Å². The van der Waals surface area contributed by atoms with E-state index >= 15 is 0 Å². The SMILES string of the molecule is Clc1ccc(OCCCCc2ccccc2OCC2CO2)nn1. The zero-order valence-corrected chi connectivity index (χ0v) is 13.5. The predicted molar refractivity (Wildman–Crippen MR) is 87.2 cm³/mol. The zero-order valence-electron chi connectivity index (χ0n) is 12.8. The second-order valence-corrected chi connectivity index (χ2v) is 5.76. The number of halogens is 1. The van der Waals surface area contributed by atoms with Crippen molar-refractivity contribution in [1.29, 1.82) is 0 Å². The summed E-state index contributed by atoms with van der Waals surface area (Å²) in [6, 6.07) is 11.5. The summed E-state index contributed by atoms with van der Waals surface area (Å²) in [6.45, 7) is 2.05. The highest BCUT2D eigenvalue weighted by Gasteiger charge is 2.23. The first kappa shape index (κ1) is 16.0. The molecule has 0 amide bonds. The third kappa shape index (κ3) is 5.37. The lowest BCUT2D eigenvalue weighted by molar-refractivity contribution is 0.260. The number of hydrogen-bond acceptors (Lipinski definition) is 5. The largest absolute Gasteiger partial charge is 0.491 e. The summed E-state index contributed by atoms with van der Waals surface area (Å²) in [4.78, 5) is 0. The summed E-state index contributed by atoms with van der Waals surface area (Å²) in [5.41, 5.74) is 1.22. The average Bonchev–Trinajstić information content (AvgIpc) is 3.40. The fraction of sp³-hybridized carbons (Fsp3) is 0.412. The summed E-state index contributed by atoms with van der Waals surface area (Å²) in [5, 5.41) is 7.97. The summed E-state index contributed by atoms with van der Waals surface area (Å²) in [7, 11) is 0. The second kappa shape index (κ2) is 8.13. The van der Waals surface area contributed by atoms with E-state index in [1.807, 2.05) is 18.2 Å². The van der Waals surface area contributed by atoms with Crippen molar-refractivity contribution < 1.29 is 14.2 Å². The van der Waals surface area contributed by atoms with Crippen molar-refractivity contribution in [3.05, 3.63) is 47.1 Å². The molecule has 5 nitrogen and oxygen atoms in total. The molecule has 1 saturated heterocycles. The van der Waals surface area contributed by atoms with Crippen molar-refractivity contribution >= 4 is 11.6 Å². The Labute approximate surface area is 140 Å². The number of aromatic nitrogens is 2. The van der Waals surface area contributed by atoms with Crippen LogP contribution in [-0.2, 0) is 11.2 Å². The topological polar surface area (TPSA) is 56.8 Å². The van der Waals surface area contributed by atoms with Crippen LogP contribution in [0.3, 0.4) is 0 Å². The smallest absolute Gasteiger partial charge is 0.233 e. The third-order valence-corrected chi connectivity index (χ3v) is 3.70. The number of aryl methyl sites for hydroxylation is 1. The molecule has 1 aliphatic heterocycles. The second-order valence-electron chi connectivity index (χ2n) is 5.37. The first-order valence-electron chi connectivity index (χ1n) is 7.75. The molecule has 1 unspecified atom stereocenters. The first-order valence-corrected chi connectivity index (χ1v) is 8.13. The number of rotatable bonds is 9. The quantitative estimate of drug-likeness (QED) is 0.520. The molecule has 1 aliphatic rings. The van der Waals surface area contributed by atoms with Crippen LogP contribution in [0.1, 0.15) is 18.4 Å². The molecule has 0 radical (unpaired) electrons. The molecule has 1 aromatic heterocycles. The Kier molecular flexibility index (Phi) is 5.66. The Morgan fingerprint density at radius 2 is 1.96 bits per heavy atom. The van der Waals surface area contributed by atoms with Gasteiger partial charge in [0.05, 0.1) is 13.2 Å². The maximum absolute atomic E-state index is 5.81. The number of hydrogen-bond donors (Lipinski definition) is 0. The van der Waals surface area contributed by atoms with Gasteiger partial charge < -0.3 is 14.2 Å². The summed E-state index contributed by atoms with van der Waals surface area (Å²) in [5.74, 6) is 1.45. The molecule has 0 N–H and O–H groups in total. The Balaban J connectivity index is 1.38. The van der Waals surface area contributed by atoms with E-state index in [4.69, 9.17) is 25.8 Å². The molecule has 1 fully saturated rings. The van der Waals surface area contributed by atoms with Crippen LogP contribution in [-0.4, -0.2) is 36.1 Å². The van der Waals surface area contributed by atoms with Crippen LogP contribution in [0, 0.1) is 0 Å². The van der Waals surface area contributed by atoms with Crippen molar-refractivity contribution in [3.63, 3.8) is 0 Å². The summed E-state index contributed by atoms with van der Waals surface area (Å²) >= 11 is 5.68. The van der Waals surface area contributed by atoms with Gasteiger partial charge in [0.15, 0.2) is 5.15 Å². The minimum atomic E-state index is 0.275. The highest BCUT2D eigenvalue weighted by atomic mass is 35.5. The highest BCUT2D eigenvalue weighted by Crippen LogP contribution is 2.22. The van der Waals surface area contributed by atoms with E-state index in [9.17, 15) is 0 Å². The molecule has 23 heavy (non-hydrogen) atoms. The number of nitrogens with zero attached hydrogens (tertiary/aromatic N) is 2. The van der Waals surface area contributed by atoms with Crippen molar-refractivity contribution in [1.82, 2.24) is 10.2 Å². The molecule has 1 atom stereocenters. The van der Waals surface area contributed by atoms with E-state index in [1.54, 1.807) is 12.1 Å². The lowest BCUT2D eigenvalue weighted by Gasteiger charge is -2.10. The van der Waals surface area contributed by atoms with E-state index in [0.29, 0.717) is 24.2 Å². The van der Waals surface area contributed by atoms with Crippen LogP contribution in [0.25, 0.3) is 0 Å². The Bertz CT molecular complexity index is 617. The number of unbranched alkanes of at least 4 members (excludes halogenated alkanes) is 1. The van der Waals surface area contributed by atoms with Crippen LogP contribution >= 0.6 is 11.6 Å². The maximum Gasteiger partial charge on any atom is 0.233 e. The number of epoxide rings is 1. The van der Waals surface area contributed by atoms with E-state index < -0.39 is 0 Å². The van der Waals surface area contributed by atoms with Crippen molar-refractivity contribution in [2.75, 3.05) is 19.8 Å². The van der Waals surface area contributed by atoms with Gasteiger partial charge in [-0.2, -0.15) is 0 Å². The van der Waals surface area contributed by atoms with Gasteiger partial charge >= 0.3 is 0 Å². The lowest BCUT2D eigenvalue weighted by Crippen LogP contribution is -2.06. The Hall–Kier alpha value is -1.85. The van der Waals surface area contributed by atoms with Gasteiger partial charge in [-0.25, -0.2) is 0 Å². The molecular formula is C17H19ClN2O3. The molecule has 2 aromatic rings. The molecule has 0 bridgehead atoms. The number of ether oxygens (including phenoxy) is 3. The lowest BCUT2D eigenvalue weighted by atomic mass is 10.1. The van der Waals surface area contributed by atoms with Gasteiger partial charge in [-0.05, 0) is 37.0 Å². The normalized spacial score (nSPS) is 16.1. The van der Waals surface area contributed by atoms with Crippen molar-refractivity contribution in [2.24, 2.45) is 0 Å². The molecule has 6 heteroatoms. The van der Waals surface area contributed by atoms with Gasteiger partial charge in [-0.3, -0.25) is 0 Å². The van der Waals surface area contributed by atoms with Crippen LogP contribution in [0.4, 0.5) is 0 Å². The molecule has 2 heterocycles. The Morgan fingerprint density at radius 3 is 2.74 bits per heavy atom. The van der Waals surface area contributed by atoms with E-state index in [2.05, 4.69) is 16.3 Å². The number of benzene rings is 1. The first-order chi connectivity index (χ1) is 11.3. The molecule has 0 saturated carbocycles. The van der Waals surface area contributed by atoms with Gasteiger partial charge in [-0.1, -0.05) is 29.8 Å². The zero-order chi connectivity index (χ0) is 15.9. The van der Waals surface area contributed by atoms with Crippen molar-refractivity contribution in [3.8, 4) is 11.6 Å². The van der Waals surface area contributed by atoms with Crippen LogP contribution < -0.4 is 9.47 Å². The van der Waals surface area contributed by atoms with Crippen molar-refractivity contribution in [2.45, 2.75) is 25.4 Å². The van der Waals surface area contributed by atoms with Crippen LogP contribution in [0.5, 0.6) is 11.6 Å². The van der Waals surface area contributed by atoms with E-state index in [0.717, 1.165) is 31.6 Å². The predicted octanol–water partition coefficient (Wildman–Crippen LogP) is 3.31. The van der Waals surface area contributed by atoms with Gasteiger partial charge in [0.2, 0.25) is 5.88 Å². The molecule has 1 aromatic carbocycles. The van der Waals surface area contributed by atoms with Gasteiger partial charge in [0.1, 0.15) is 18.5 Å². The molecule has 3 rings (SSSR count). The van der Waals surface area contributed by atoms with Gasteiger partial charge in [0.25, 0.3) is 0 Å². The Morgan fingerprint density at radius 1 is 1.09 bits per heavy atom. The van der Waals surface area contributed by atoms with Crippen LogP contribution in [0.2, 0.25) is 5.15 Å². The summed E-state index contributed by atoms with van der Waals surface area (Å²) < 4.78 is 16.5. The molecule has 122 valence electrons. The summed E-state index contributed by atoms with van der Waals surface area (Å²) in [6.07, 6.45) is 3.18. The monoisotopic (exact) mass is 334 g/mol. The average molecular weight is 335 g/mol. The van der Waals surface area contributed by atoms with Gasteiger partial charge in [-0.15, -0.1) is 10.2 Å². The molecule has 0 aliphatic carbocycles. The highest BCUT2D eigenvalue weighted by molar-refractivity contribution is 6.29.